The molecule has 2 aliphatic rings. The second kappa shape index (κ2) is 16.8. The maximum absolute atomic E-state index is 13.1. The number of ether oxygens (including phenoxy) is 1. The minimum atomic E-state index is -1.24. The van der Waals surface area contributed by atoms with Crippen molar-refractivity contribution < 1.29 is 33.8 Å². The van der Waals surface area contributed by atoms with E-state index in [1.165, 1.54) is 30.3 Å². The number of para-hydroxylation sites is 1. The highest BCUT2D eigenvalue weighted by Gasteiger charge is 2.23. The molecule has 1 aliphatic carbocycles. The van der Waals surface area contributed by atoms with Crippen LogP contribution in [0.3, 0.4) is 0 Å². The van der Waals surface area contributed by atoms with Gasteiger partial charge in [0, 0.05) is 59.3 Å². The van der Waals surface area contributed by atoms with Crippen molar-refractivity contribution in [1.29, 1.82) is 0 Å². The van der Waals surface area contributed by atoms with Crippen LogP contribution < -0.4 is 20.8 Å². The molecule has 59 heavy (non-hydrogen) atoms. The number of carbonyl (C=O) groups is 3. The summed E-state index contributed by atoms with van der Waals surface area (Å²) in [6, 6.07) is 36.2. The fraction of sp³-hybridized carbons (Fsp3) is 0.128. The Balaban J connectivity index is 0.821. The lowest BCUT2D eigenvalue weighted by molar-refractivity contribution is -0.116. The summed E-state index contributed by atoms with van der Waals surface area (Å²) in [6.07, 6.45) is 2.83. The van der Waals surface area contributed by atoms with E-state index in [0.717, 1.165) is 33.9 Å². The first-order chi connectivity index (χ1) is 28.7. The summed E-state index contributed by atoms with van der Waals surface area (Å²) in [7, 11) is 0. The molecule has 294 valence electrons. The molecule has 2 amide bonds. The fourth-order valence-electron chi connectivity index (χ4n) is 7.06. The third kappa shape index (κ3) is 8.82. The Morgan fingerprint density at radius 2 is 1.58 bits per heavy atom. The van der Waals surface area contributed by atoms with Gasteiger partial charge in [-0.1, -0.05) is 42.8 Å². The molecule has 0 spiro atoms. The van der Waals surface area contributed by atoms with Gasteiger partial charge in [0.05, 0.1) is 16.6 Å². The SMILES string of the molecule is O=C(CCCCCNC(=O)c1ccc(-c2c3ccc(=O)cc-3oc3cc(O)ccc23)c(C(=O)O)c1)Nc1ccc2[nH]c(Cc3ccc(Oc4ccccc4)cc3)nc2c1. The van der Waals surface area contributed by atoms with E-state index in [1.807, 2.05) is 72.8 Å². The molecule has 1 aromatic heterocycles. The molecule has 0 unspecified atom stereocenters. The van der Waals surface area contributed by atoms with E-state index < -0.39 is 11.9 Å². The molecular formula is C47H38N4O8. The van der Waals surface area contributed by atoms with Gasteiger partial charge in [0.25, 0.3) is 5.91 Å². The van der Waals surface area contributed by atoms with Gasteiger partial charge in [0.1, 0.15) is 34.4 Å². The average Bonchev–Trinajstić information content (AvgIpc) is 3.63. The summed E-state index contributed by atoms with van der Waals surface area (Å²) in [4.78, 5) is 58.6. The summed E-state index contributed by atoms with van der Waals surface area (Å²) in [5.41, 5.74) is 4.72. The predicted molar refractivity (Wildman–Crippen MR) is 224 cm³/mol. The van der Waals surface area contributed by atoms with Crippen LogP contribution in [-0.4, -0.2) is 44.5 Å². The van der Waals surface area contributed by atoms with Crippen molar-refractivity contribution in [2.45, 2.75) is 32.1 Å². The third-order valence-electron chi connectivity index (χ3n) is 9.91. The molecule has 5 N–H and O–H groups in total. The molecule has 0 saturated carbocycles. The van der Waals surface area contributed by atoms with Gasteiger partial charge >= 0.3 is 5.97 Å². The van der Waals surface area contributed by atoms with Crippen LogP contribution in [0.5, 0.6) is 17.2 Å². The van der Waals surface area contributed by atoms with Gasteiger partial charge in [-0.15, -0.1) is 0 Å². The van der Waals surface area contributed by atoms with Crippen molar-refractivity contribution in [3.63, 3.8) is 0 Å². The van der Waals surface area contributed by atoms with Crippen LogP contribution in [0, 0.1) is 0 Å². The lowest BCUT2D eigenvalue weighted by Gasteiger charge is -2.17. The Labute approximate surface area is 337 Å². The van der Waals surface area contributed by atoms with Gasteiger partial charge in [-0.05, 0) is 103 Å². The van der Waals surface area contributed by atoms with Crippen LogP contribution in [0.15, 0.2) is 137 Å². The second-order valence-corrected chi connectivity index (χ2v) is 14.1. The molecule has 6 aromatic rings. The molecule has 12 heteroatoms. The van der Waals surface area contributed by atoms with E-state index in [2.05, 4.69) is 15.6 Å². The number of unbranched alkanes of at least 4 members (excludes halogenated alkanes) is 2. The van der Waals surface area contributed by atoms with E-state index in [4.69, 9.17) is 14.1 Å². The maximum atomic E-state index is 13.1. The smallest absolute Gasteiger partial charge is 0.336 e. The lowest BCUT2D eigenvalue weighted by atomic mass is 9.90. The van der Waals surface area contributed by atoms with Gasteiger partial charge in [-0.25, -0.2) is 9.78 Å². The second-order valence-electron chi connectivity index (χ2n) is 14.1. The van der Waals surface area contributed by atoms with Crippen LogP contribution in [0.25, 0.3) is 44.5 Å². The molecule has 2 heterocycles. The number of nitrogens with zero attached hydrogens (tertiary/aromatic N) is 1. The van der Waals surface area contributed by atoms with Crippen molar-refractivity contribution in [2.24, 2.45) is 0 Å². The predicted octanol–water partition coefficient (Wildman–Crippen LogP) is 9.16. The number of carboxylic acid groups (broad SMARTS) is 1. The maximum Gasteiger partial charge on any atom is 0.336 e. The average molecular weight is 787 g/mol. The standard InChI is InChI=1S/C47H38N4O8/c52-31-14-19-36-41(26-31)59-42-27-32(53)15-20-37(42)45(36)35-18-12-29(24-38(35)47(56)57)46(55)48-22-6-2-5-9-44(54)49-30-13-21-39-40(25-30)51-43(50-39)23-28-10-16-34(17-11-28)58-33-7-3-1-4-8-33/h1,3-4,7-8,10-21,24-27,52H,2,5-6,9,22-23H2,(H,48,55)(H,49,54)(H,50,51)(H,56,57). The molecule has 1 aliphatic heterocycles. The zero-order valence-electron chi connectivity index (χ0n) is 31.7. The number of nitrogens with one attached hydrogen (secondary N) is 3. The number of fused-ring (bicyclic) bond motifs is 3. The van der Waals surface area contributed by atoms with Crippen molar-refractivity contribution >= 4 is 45.5 Å². The number of aromatic nitrogens is 2. The van der Waals surface area contributed by atoms with Crippen molar-refractivity contribution in [1.82, 2.24) is 15.3 Å². The third-order valence-corrected chi connectivity index (χ3v) is 9.91. The Morgan fingerprint density at radius 3 is 2.39 bits per heavy atom. The monoisotopic (exact) mass is 786 g/mol. The number of anilines is 1. The van der Waals surface area contributed by atoms with Crippen LogP contribution >= 0.6 is 0 Å². The number of aromatic carboxylic acids is 1. The van der Waals surface area contributed by atoms with E-state index in [0.29, 0.717) is 66.4 Å². The first-order valence-electron chi connectivity index (χ1n) is 19.1. The number of phenolic OH excluding ortho intramolecular Hbond substituents is 1. The summed E-state index contributed by atoms with van der Waals surface area (Å²) in [5.74, 6) is 0.722. The van der Waals surface area contributed by atoms with E-state index >= 15 is 0 Å². The quantitative estimate of drug-likeness (QED) is 0.0530. The van der Waals surface area contributed by atoms with Crippen LogP contribution in [0.1, 0.15) is 57.8 Å². The highest BCUT2D eigenvalue weighted by molar-refractivity contribution is 6.09. The van der Waals surface area contributed by atoms with Crippen molar-refractivity contribution in [3.8, 4) is 39.7 Å². The molecule has 0 bridgehead atoms. The normalized spacial score (nSPS) is 11.2. The largest absolute Gasteiger partial charge is 0.508 e. The zero-order valence-corrected chi connectivity index (χ0v) is 31.7. The molecule has 0 atom stereocenters. The number of rotatable bonds is 14. The highest BCUT2D eigenvalue weighted by Crippen LogP contribution is 2.42. The molecule has 0 fully saturated rings. The van der Waals surface area contributed by atoms with Crippen LogP contribution in [0.2, 0.25) is 0 Å². The number of aromatic amines is 1. The summed E-state index contributed by atoms with van der Waals surface area (Å²) >= 11 is 0. The van der Waals surface area contributed by atoms with Crippen LogP contribution in [0.4, 0.5) is 5.69 Å². The Morgan fingerprint density at radius 1 is 0.780 bits per heavy atom. The van der Waals surface area contributed by atoms with E-state index in [1.54, 1.807) is 24.3 Å². The summed E-state index contributed by atoms with van der Waals surface area (Å²) < 4.78 is 11.8. The van der Waals surface area contributed by atoms with Gasteiger partial charge in [0.15, 0.2) is 5.43 Å². The molecular weight excluding hydrogens is 749 g/mol. The number of imidazole rings is 1. The number of H-pyrrole nitrogens is 1. The van der Waals surface area contributed by atoms with E-state index in [9.17, 15) is 29.4 Å². The number of carboxylic acids is 1. The Kier molecular flexibility index (Phi) is 10.9. The molecule has 0 saturated heterocycles. The number of amides is 2. The molecule has 8 rings (SSSR count). The lowest BCUT2D eigenvalue weighted by Crippen LogP contribution is -2.24. The topological polar surface area (TPSA) is 184 Å². The van der Waals surface area contributed by atoms with E-state index in [-0.39, 0.29) is 39.6 Å². The van der Waals surface area contributed by atoms with Crippen LogP contribution in [-0.2, 0) is 11.2 Å². The fourth-order valence-corrected chi connectivity index (χ4v) is 7.06. The molecule has 5 aromatic carbocycles. The first-order valence-corrected chi connectivity index (χ1v) is 19.1. The summed E-state index contributed by atoms with van der Waals surface area (Å²) in [6.45, 7) is 0.338. The number of aromatic hydroxyl groups is 1. The number of benzene rings is 6. The summed E-state index contributed by atoms with van der Waals surface area (Å²) in [5, 5.41) is 26.6. The number of hydrogen-bond donors (Lipinski definition) is 5. The van der Waals surface area contributed by atoms with Gasteiger partial charge in [-0.3, -0.25) is 14.4 Å². The number of hydrogen-bond acceptors (Lipinski definition) is 8. The molecule has 12 nitrogen and oxygen atoms in total. The highest BCUT2D eigenvalue weighted by atomic mass is 16.5. The zero-order chi connectivity index (χ0) is 40.9. The minimum absolute atomic E-state index is 0.0539. The number of carbonyl (C=O) groups excluding carboxylic acids is 2. The van der Waals surface area contributed by atoms with Gasteiger partial charge < -0.3 is 35.0 Å². The van der Waals surface area contributed by atoms with Gasteiger partial charge in [0.2, 0.25) is 5.91 Å². The van der Waals surface area contributed by atoms with Gasteiger partial charge in [-0.2, -0.15) is 0 Å². The van der Waals surface area contributed by atoms with Crippen molar-refractivity contribution in [3.05, 3.63) is 160 Å². The van der Waals surface area contributed by atoms with Crippen molar-refractivity contribution in [2.75, 3.05) is 11.9 Å². The molecule has 0 radical (unpaired) electrons. The Bertz CT molecular complexity index is 2870. The first kappa shape index (κ1) is 38.2. The number of phenols is 1. The Hall–Kier alpha value is -7.73. The minimum Gasteiger partial charge on any atom is -0.508 e.